The van der Waals surface area contributed by atoms with Gasteiger partial charge in [-0.3, -0.25) is 0 Å². The summed E-state index contributed by atoms with van der Waals surface area (Å²) in [6.45, 7) is 9.16. The molecular weight excluding hydrogens is 487 g/mol. The zero-order valence-corrected chi connectivity index (χ0v) is 24.2. The number of hydrogen-bond donors (Lipinski definition) is 0. The van der Waals surface area contributed by atoms with Crippen molar-refractivity contribution in [2.24, 2.45) is 7.05 Å². The van der Waals surface area contributed by atoms with Gasteiger partial charge in [0.25, 0.3) is 0 Å². The third-order valence-electron chi connectivity index (χ3n) is 7.68. The van der Waals surface area contributed by atoms with E-state index < -0.39 is 13.3 Å². The van der Waals surface area contributed by atoms with E-state index in [1.807, 2.05) is 0 Å². The number of pyridine rings is 1. The van der Waals surface area contributed by atoms with Crippen LogP contribution in [0.15, 0.2) is 60.8 Å². The molecule has 2 nitrogen and oxygen atoms in total. The second kappa shape index (κ2) is 7.33. The first-order valence-electron chi connectivity index (χ1n) is 12.6. The summed E-state index contributed by atoms with van der Waals surface area (Å²) in [4.78, 5) is 0. The zero-order chi connectivity index (χ0) is 24.9. The molecule has 0 spiro atoms. The fourth-order valence-electron chi connectivity index (χ4n) is 6.14. The van der Waals surface area contributed by atoms with E-state index in [1.165, 1.54) is 59.1 Å². The van der Waals surface area contributed by atoms with Crippen molar-refractivity contribution in [2.45, 2.75) is 50.4 Å². The van der Waals surface area contributed by atoms with Crippen molar-refractivity contribution in [3.8, 4) is 22.8 Å². The van der Waals surface area contributed by atoms with Gasteiger partial charge in [0, 0.05) is 0 Å². The number of benzene rings is 4. The molecule has 0 aliphatic carbocycles. The Morgan fingerprint density at radius 3 is 2.17 bits per heavy atom. The van der Waals surface area contributed by atoms with E-state index in [1.54, 1.807) is 0 Å². The van der Waals surface area contributed by atoms with Gasteiger partial charge in [0.05, 0.1) is 0 Å². The Labute approximate surface area is 210 Å². The maximum atomic E-state index is 7.03. The van der Waals surface area contributed by atoms with E-state index in [2.05, 4.69) is 117 Å². The van der Waals surface area contributed by atoms with Crippen LogP contribution in [0.3, 0.4) is 0 Å². The molecule has 0 radical (unpaired) electrons. The molecule has 35 heavy (non-hydrogen) atoms. The van der Waals surface area contributed by atoms with Crippen molar-refractivity contribution in [3.63, 3.8) is 0 Å². The molecule has 0 fully saturated rings. The number of aromatic nitrogens is 1. The Kier molecular flexibility index (Phi) is 4.74. The molecule has 2 heterocycles. The summed E-state index contributed by atoms with van der Waals surface area (Å²) in [6.07, 6.45) is 2.23. The topological polar surface area (TPSA) is 13.1 Å². The molecule has 3 heteroatoms. The van der Waals surface area contributed by atoms with Crippen molar-refractivity contribution >= 4 is 50.0 Å². The van der Waals surface area contributed by atoms with Gasteiger partial charge in [-0.15, -0.1) is 0 Å². The molecule has 0 saturated carbocycles. The van der Waals surface area contributed by atoms with E-state index >= 15 is 0 Å². The quantitative estimate of drug-likeness (QED) is 0.122. The standard InChI is InChI=1S/C32H34GeNO/c1-19-20-12-9-10-13-23(20)29(32(2,3)4)31-27(19)30-28-22(16-17-34(30)8)21-14-11-15-25(33(5,6)7)24(21)18-26(28)35-31/h9-18H,1-8H3/q+1. The summed E-state index contributed by atoms with van der Waals surface area (Å²) in [6, 6.07) is 20.3. The Balaban J connectivity index is 1.85. The van der Waals surface area contributed by atoms with Crippen LogP contribution in [-0.4, -0.2) is 13.3 Å². The molecule has 176 valence electrons. The molecule has 0 saturated heterocycles. The third kappa shape index (κ3) is 3.19. The molecule has 1 aliphatic heterocycles. The summed E-state index contributed by atoms with van der Waals surface area (Å²) in [5, 5.41) is 7.82. The Hall–Kier alpha value is -2.85. The first-order chi connectivity index (χ1) is 16.5. The predicted octanol–water partition coefficient (Wildman–Crippen LogP) is 7.89. The molecule has 1 aromatic heterocycles. The SMILES string of the molecule is Cc1c2c(c(C(C)(C)C)c3ccccc13)Oc1cc3[c]([Ge]([CH3])([CH3])[CH3])cccc3c3cc[n+](C)c-2c13. The van der Waals surface area contributed by atoms with Crippen LogP contribution < -0.4 is 13.7 Å². The number of aryl methyl sites for hydroxylation is 2. The van der Waals surface area contributed by atoms with Crippen molar-refractivity contribution in [2.75, 3.05) is 0 Å². The van der Waals surface area contributed by atoms with E-state index in [0.717, 1.165) is 11.5 Å². The van der Waals surface area contributed by atoms with Crippen LogP contribution in [0.25, 0.3) is 43.6 Å². The van der Waals surface area contributed by atoms with Gasteiger partial charge < -0.3 is 0 Å². The van der Waals surface area contributed by atoms with Crippen molar-refractivity contribution < 1.29 is 9.30 Å². The number of nitrogens with zero attached hydrogens (tertiary/aromatic N) is 1. The zero-order valence-electron chi connectivity index (χ0n) is 22.1. The summed E-state index contributed by atoms with van der Waals surface area (Å²) in [5.41, 5.74) is 5.01. The van der Waals surface area contributed by atoms with Gasteiger partial charge >= 0.3 is 211 Å². The molecule has 1 aliphatic rings. The molecule has 6 rings (SSSR count). The fourth-order valence-corrected chi connectivity index (χ4v) is 9.52. The van der Waals surface area contributed by atoms with Crippen LogP contribution in [0.4, 0.5) is 0 Å². The molecule has 5 aromatic rings. The second-order valence-electron chi connectivity index (χ2n) is 12.2. The van der Waals surface area contributed by atoms with E-state index in [0.29, 0.717) is 0 Å². The second-order valence-corrected chi connectivity index (χ2v) is 22.8. The van der Waals surface area contributed by atoms with Gasteiger partial charge in [-0.05, 0) is 0 Å². The predicted molar refractivity (Wildman–Crippen MR) is 152 cm³/mol. The molecule has 0 bridgehead atoms. The van der Waals surface area contributed by atoms with E-state index in [-0.39, 0.29) is 5.41 Å². The van der Waals surface area contributed by atoms with E-state index in [9.17, 15) is 0 Å². The Bertz CT molecular complexity index is 1700. The van der Waals surface area contributed by atoms with Gasteiger partial charge in [-0.25, -0.2) is 0 Å². The number of fused-ring (bicyclic) bond motifs is 5. The average Bonchev–Trinajstić information content (AvgIpc) is 2.78. The normalized spacial score (nSPS) is 13.4. The Morgan fingerprint density at radius 1 is 0.800 bits per heavy atom. The van der Waals surface area contributed by atoms with Crippen LogP contribution in [0, 0.1) is 6.92 Å². The Morgan fingerprint density at radius 2 is 1.49 bits per heavy atom. The van der Waals surface area contributed by atoms with Gasteiger partial charge in [-0.2, -0.15) is 0 Å². The van der Waals surface area contributed by atoms with Crippen LogP contribution >= 0.6 is 0 Å². The van der Waals surface area contributed by atoms with Gasteiger partial charge in [0.2, 0.25) is 0 Å². The molecule has 0 amide bonds. The third-order valence-corrected chi connectivity index (χ3v) is 12.0. The average molecular weight is 521 g/mol. The first-order valence-corrected chi connectivity index (χ1v) is 20.0. The molecule has 0 atom stereocenters. The maximum absolute atomic E-state index is 7.03. The number of rotatable bonds is 1. The number of hydrogen-bond acceptors (Lipinski definition) is 1. The first kappa shape index (κ1) is 22.6. The molecular formula is C32H34GeNO+. The van der Waals surface area contributed by atoms with Crippen LogP contribution in [0.2, 0.25) is 17.3 Å². The summed E-state index contributed by atoms with van der Waals surface area (Å²) in [5.74, 6) is 9.45. The van der Waals surface area contributed by atoms with Gasteiger partial charge in [0.1, 0.15) is 0 Å². The van der Waals surface area contributed by atoms with Crippen LogP contribution in [-0.2, 0) is 12.5 Å². The summed E-state index contributed by atoms with van der Waals surface area (Å²) in [7, 11) is 2.17. The van der Waals surface area contributed by atoms with Gasteiger partial charge in [-0.1, -0.05) is 0 Å². The van der Waals surface area contributed by atoms with Crippen molar-refractivity contribution in [3.05, 3.63) is 71.9 Å². The van der Waals surface area contributed by atoms with E-state index in [4.69, 9.17) is 4.74 Å². The van der Waals surface area contributed by atoms with Crippen LogP contribution in [0.1, 0.15) is 31.9 Å². The van der Waals surface area contributed by atoms with Gasteiger partial charge in [0.15, 0.2) is 0 Å². The van der Waals surface area contributed by atoms with Crippen molar-refractivity contribution in [1.82, 2.24) is 0 Å². The molecule has 0 unspecified atom stereocenters. The number of ether oxygens (including phenoxy) is 1. The molecule has 0 N–H and O–H groups in total. The van der Waals surface area contributed by atoms with Crippen molar-refractivity contribution in [1.29, 1.82) is 0 Å². The molecule has 4 aromatic carbocycles. The fraction of sp³-hybridized carbons (Fsp3) is 0.281. The summed E-state index contributed by atoms with van der Waals surface area (Å²) >= 11 is -2.10. The minimum absolute atomic E-state index is 0.0654. The summed E-state index contributed by atoms with van der Waals surface area (Å²) < 4.78 is 10.9. The minimum atomic E-state index is -2.10. The van der Waals surface area contributed by atoms with Crippen LogP contribution in [0.5, 0.6) is 11.5 Å². The monoisotopic (exact) mass is 522 g/mol.